The van der Waals surface area contributed by atoms with Crippen molar-refractivity contribution in [2.45, 2.75) is 40.5 Å². The van der Waals surface area contributed by atoms with Gasteiger partial charge in [-0.25, -0.2) is 0 Å². The van der Waals surface area contributed by atoms with Gasteiger partial charge in [0.25, 0.3) is 0 Å². The Hall–Kier alpha value is -0.450. The number of carbonyl (C=O) groups excluding carboxylic acids is 4. The van der Waals surface area contributed by atoms with Gasteiger partial charge in [0, 0.05) is 25.8 Å². The van der Waals surface area contributed by atoms with Crippen molar-refractivity contribution in [1.82, 2.24) is 0 Å². The van der Waals surface area contributed by atoms with E-state index in [1.807, 2.05) is 0 Å². The second-order valence-corrected chi connectivity index (χ2v) is 3.16. The Morgan fingerprint density at radius 1 is 0.600 bits per heavy atom. The number of Topliss-reactive ketones (excluding diaryl/α,β-unsaturated/α-hetero) is 4. The van der Waals surface area contributed by atoms with E-state index in [0.717, 1.165) is 0 Å². The van der Waals surface area contributed by atoms with Crippen LogP contribution in [0.4, 0.5) is 0 Å². The second-order valence-electron chi connectivity index (χ2n) is 3.16. The molecule has 0 N–H and O–H groups in total. The summed E-state index contributed by atoms with van der Waals surface area (Å²) in [6.45, 7) is 5.62. The van der Waals surface area contributed by atoms with Gasteiger partial charge in [0.05, 0.1) is 12.8 Å². The van der Waals surface area contributed by atoms with E-state index in [0.29, 0.717) is 0 Å². The Bertz CT molecular complexity index is 196. The molecule has 84 valence electrons. The van der Waals surface area contributed by atoms with Gasteiger partial charge in [-0.05, 0) is 27.7 Å². The smallest absolute Gasteiger partial charge is 0.137 e. The van der Waals surface area contributed by atoms with Crippen LogP contribution < -0.4 is 0 Å². The molecule has 0 bridgehead atoms. The summed E-state index contributed by atoms with van der Waals surface area (Å²) in [6.07, 6.45) is 0.167. The molecule has 0 atom stereocenters. The van der Waals surface area contributed by atoms with E-state index in [1.54, 1.807) is 0 Å². The zero-order chi connectivity index (χ0) is 11.7. The van der Waals surface area contributed by atoms with Crippen molar-refractivity contribution in [2.24, 2.45) is 0 Å². The van der Waals surface area contributed by atoms with Crippen LogP contribution in [0.25, 0.3) is 0 Å². The average Bonchev–Trinajstić information content (AvgIpc) is 1.79. The van der Waals surface area contributed by atoms with Crippen molar-refractivity contribution in [1.29, 1.82) is 0 Å². The molecule has 0 saturated heterocycles. The standard InChI is InChI=1S/2C5H8O2.Hf/c2*1-4(6)3-5(2)7;/h2*3H2,1-2H3;. The third-order valence-corrected chi connectivity index (χ3v) is 0.996. The van der Waals surface area contributed by atoms with Gasteiger partial charge in [0.15, 0.2) is 0 Å². The maximum Gasteiger partial charge on any atom is 0.137 e. The molecule has 0 heterocycles. The Morgan fingerprint density at radius 2 is 0.733 bits per heavy atom. The monoisotopic (exact) mass is 380 g/mol. The Morgan fingerprint density at radius 3 is 0.733 bits per heavy atom. The molecule has 4 nitrogen and oxygen atoms in total. The maximum atomic E-state index is 10.0. The summed E-state index contributed by atoms with van der Waals surface area (Å²) < 4.78 is 0. The first-order chi connectivity index (χ1) is 6.25. The van der Waals surface area contributed by atoms with Crippen LogP contribution in [0.3, 0.4) is 0 Å². The molecular formula is C10H16HfO4. The van der Waals surface area contributed by atoms with E-state index in [4.69, 9.17) is 0 Å². The number of carbonyl (C=O) groups is 4. The molecule has 0 amide bonds. The molecule has 0 aromatic carbocycles. The van der Waals surface area contributed by atoms with Gasteiger partial charge in [-0.15, -0.1) is 0 Å². The SMILES string of the molecule is CC(=O)CC(C)=O.CC(=O)CC(C)=O.[Hf]. The molecule has 5 heteroatoms. The third kappa shape index (κ3) is 31.7. The van der Waals surface area contributed by atoms with E-state index in [1.165, 1.54) is 27.7 Å². The van der Waals surface area contributed by atoms with Crippen LogP contribution in [0.5, 0.6) is 0 Å². The minimum Gasteiger partial charge on any atom is -0.300 e. The average molecular weight is 379 g/mol. The predicted octanol–water partition coefficient (Wildman–Crippen LogP) is 1.11. The second kappa shape index (κ2) is 11.6. The Kier molecular flexibility index (Phi) is 15.5. The summed E-state index contributed by atoms with van der Waals surface area (Å²) in [6, 6.07) is 0. The zero-order valence-corrected chi connectivity index (χ0v) is 13.1. The Labute approximate surface area is 109 Å². The number of hydrogen-bond donors (Lipinski definition) is 0. The number of ketones is 4. The van der Waals surface area contributed by atoms with E-state index < -0.39 is 0 Å². The summed E-state index contributed by atoms with van der Waals surface area (Å²) in [4.78, 5) is 40.1. The number of rotatable bonds is 4. The fourth-order valence-electron chi connectivity index (χ4n) is 0.701. The van der Waals surface area contributed by atoms with Gasteiger partial charge < -0.3 is 0 Å². The first kappa shape index (κ1) is 20.0. The molecule has 15 heavy (non-hydrogen) atoms. The Balaban J connectivity index is -0.000000180. The third-order valence-electron chi connectivity index (χ3n) is 0.996. The van der Waals surface area contributed by atoms with E-state index >= 15 is 0 Å². The molecule has 0 radical (unpaired) electrons. The van der Waals surface area contributed by atoms with Crippen molar-refractivity contribution in [3.8, 4) is 0 Å². The molecule has 0 aliphatic heterocycles. The normalized spacial score (nSPS) is 7.73. The van der Waals surface area contributed by atoms with Crippen molar-refractivity contribution >= 4 is 23.1 Å². The van der Waals surface area contributed by atoms with Gasteiger partial charge in [-0.3, -0.25) is 19.2 Å². The van der Waals surface area contributed by atoms with Crippen molar-refractivity contribution in [3.63, 3.8) is 0 Å². The fraction of sp³-hybridized carbons (Fsp3) is 0.600. The molecule has 0 unspecified atom stereocenters. The zero-order valence-electron chi connectivity index (χ0n) is 9.55. The topological polar surface area (TPSA) is 68.3 Å². The molecule has 0 aliphatic rings. The van der Waals surface area contributed by atoms with Gasteiger partial charge in [-0.2, -0.15) is 0 Å². The minimum absolute atomic E-state index is 0. The van der Waals surface area contributed by atoms with Gasteiger partial charge in [-0.1, -0.05) is 0 Å². The molecule has 0 spiro atoms. The number of hydrogen-bond acceptors (Lipinski definition) is 4. The van der Waals surface area contributed by atoms with Crippen LogP contribution in [-0.2, 0) is 45.0 Å². The van der Waals surface area contributed by atoms with Crippen molar-refractivity contribution in [3.05, 3.63) is 0 Å². The summed E-state index contributed by atoms with van der Waals surface area (Å²) in [7, 11) is 0. The van der Waals surface area contributed by atoms with Crippen LogP contribution >= 0.6 is 0 Å². The maximum absolute atomic E-state index is 10.0. The van der Waals surface area contributed by atoms with Gasteiger partial charge >= 0.3 is 0 Å². The fourth-order valence-corrected chi connectivity index (χ4v) is 0.701. The molecule has 0 aromatic rings. The summed E-state index contributed by atoms with van der Waals surface area (Å²) in [5, 5.41) is 0. The predicted molar refractivity (Wildman–Crippen MR) is 52.0 cm³/mol. The van der Waals surface area contributed by atoms with Crippen LogP contribution in [-0.4, -0.2) is 23.1 Å². The van der Waals surface area contributed by atoms with Crippen LogP contribution in [0.1, 0.15) is 40.5 Å². The molecule has 0 saturated carbocycles. The van der Waals surface area contributed by atoms with Gasteiger partial charge in [0.2, 0.25) is 0 Å². The molecular weight excluding hydrogens is 363 g/mol. The van der Waals surface area contributed by atoms with E-state index in [2.05, 4.69) is 0 Å². The van der Waals surface area contributed by atoms with Crippen molar-refractivity contribution in [2.75, 3.05) is 0 Å². The first-order valence-corrected chi connectivity index (χ1v) is 4.23. The van der Waals surface area contributed by atoms with Crippen LogP contribution in [0.15, 0.2) is 0 Å². The first-order valence-electron chi connectivity index (χ1n) is 4.23. The van der Waals surface area contributed by atoms with Gasteiger partial charge in [0.1, 0.15) is 23.1 Å². The quantitative estimate of drug-likeness (QED) is 0.543. The largest absolute Gasteiger partial charge is 0.300 e. The molecule has 0 rings (SSSR count). The van der Waals surface area contributed by atoms with E-state index in [-0.39, 0.29) is 61.8 Å². The summed E-state index contributed by atoms with van der Waals surface area (Å²) in [5.74, 6) is -0.250. The molecule has 0 aromatic heterocycles. The van der Waals surface area contributed by atoms with Crippen LogP contribution in [0.2, 0.25) is 0 Å². The minimum atomic E-state index is -0.0625. The molecule has 0 aliphatic carbocycles. The molecule has 0 fully saturated rings. The van der Waals surface area contributed by atoms with E-state index in [9.17, 15) is 19.2 Å². The summed E-state index contributed by atoms with van der Waals surface area (Å²) >= 11 is 0. The summed E-state index contributed by atoms with van der Waals surface area (Å²) in [5.41, 5.74) is 0. The van der Waals surface area contributed by atoms with Crippen LogP contribution in [0, 0.1) is 0 Å². The van der Waals surface area contributed by atoms with Crippen molar-refractivity contribution < 1.29 is 45.0 Å².